The molecule has 0 amide bonds. The van der Waals surface area contributed by atoms with Gasteiger partial charge in [-0.15, -0.1) is 0 Å². The van der Waals surface area contributed by atoms with Crippen molar-refractivity contribution >= 4 is 0 Å². The predicted octanol–water partition coefficient (Wildman–Crippen LogP) is 3.10. The van der Waals surface area contributed by atoms with Crippen LogP contribution in [0.5, 0.6) is 0 Å². The zero-order chi connectivity index (χ0) is 12.8. The summed E-state index contributed by atoms with van der Waals surface area (Å²) in [6.07, 6.45) is -7.80. The Morgan fingerprint density at radius 1 is 1.24 bits per heavy atom. The molecule has 0 N–H and O–H groups in total. The number of hydrogen-bond donors (Lipinski definition) is 0. The molecule has 0 aliphatic heterocycles. The molecule has 2 atom stereocenters. The van der Waals surface area contributed by atoms with Crippen LogP contribution in [0.15, 0.2) is 12.3 Å². The third kappa shape index (κ3) is 2.73. The number of halogens is 6. The summed E-state index contributed by atoms with van der Waals surface area (Å²) in [5.74, 6) is -2.06. The SMILES string of the molecule is FC(F)(F)c1ccn(C[C@@H]2C[C@H]2C(F)(F)F)n1. The minimum absolute atomic E-state index is 0.0370. The van der Waals surface area contributed by atoms with E-state index < -0.39 is 29.9 Å². The highest BCUT2D eigenvalue weighted by molar-refractivity contribution is 5.04. The molecule has 1 aromatic rings. The molecule has 0 bridgehead atoms. The molecule has 1 aliphatic rings. The first-order chi connectivity index (χ1) is 7.68. The Morgan fingerprint density at radius 3 is 2.29 bits per heavy atom. The van der Waals surface area contributed by atoms with Crippen molar-refractivity contribution in [3.63, 3.8) is 0 Å². The van der Waals surface area contributed by atoms with E-state index in [4.69, 9.17) is 0 Å². The van der Waals surface area contributed by atoms with Gasteiger partial charge in [-0.3, -0.25) is 4.68 Å². The fraction of sp³-hybridized carbons (Fsp3) is 0.667. The molecule has 1 saturated carbocycles. The lowest BCUT2D eigenvalue weighted by molar-refractivity contribution is -0.151. The van der Waals surface area contributed by atoms with Gasteiger partial charge in [0.1, 0.15) is 0 Å². The molecular weight excluding hydrogens is 250 g/mol. The van der Waals surface area contributed by atoms with E-state index in [0.29, 0.717) is 0 Å². The Kier molecular flexibility index (Phi) is 2.62. The fourth-order valence-corrected chi connectivity index (χ4v) is 1.71. The smallest absolute Gasteiger partial charge is 0.272 e. The molecule has 17 heavy (non-hydrogen) atoms. The van der Waals surface area contributed by atoms with Crippen LogP contribution < -0.4 is 0 Å². The molecule has 2 rings (SSSR count). The zero-order valence-electron chi connectivity index (χ0n) is 8.39. The topological polar surface area (TPSA) is 17.8 Å². The van der Waals surface area contributed by atoms with Gasteiger partial charge in [-0.1, -0.05) is 0 Å². The molecule has 1 heterocycles. The van der Waals surface area contributed by atoms with E-state index in [0.717, 1.165) is 16.9 Å². The summed E-state index contributed by atoms with van der Waals surface area (Å²) >= 11 is 0. The summed E-state index contributed by atoms with van der Waals surface area (Å²) in [4.78, 5) is 0. The second-order valence-corrected chi connectivity index (χ2v) is 4.06. The summed E-state index contributed by atoms with van der Waals surface area (Å²) in [6, 6.07) is 0.755. The molecule has 0 saturated heterocycles. The van der Waals surface area contributed by atoms with E-state index in [9.17, 15) is 26.3 Å². The number of alkyl halides is 6. The largest absolute Gasteiger partial charge is 0.435 e. The van der Waals surface area contributed by atoms with E-state index in [-0.39, 0.29) is 13.0 Å². The Labute approximate surface area is 92.2 Å². The van der Waals surface area contributed by atoms with Crippen molar-refractivity contribution in [1.82, 2.24) is 9.78 Å². The Hall–Kier alpha value is -1.21. The van der Waals surface area contributed by atoms with Gasteiger partial charge < -0.3 is 0 Å². The van der Waals surface area contributed by atoms with Crippen molar-refractivity contribution in [1.29, 1.82) is 0 Å². The molecule has 8 heteroatoms. The van der Waals surface area contributed by atoms with Crippen LogP contribution in [-0.2, 0) is 12.7 Å². The van der Waals surface area contributed by atoms with E-state index in [2.05, 4.69) is 5.10 Å². The standard InChI is InChI=1S/C9H8F6N2/c10-8(11,12)6-3-5(6)4-17-2-1-7(16-17)9(13,14)15/h1-2,5-6H,3-4H2/t5-,6+/m0/s1. The average molecular weight is 258 g/mol. The van der Waals surface area contributed by atoms with Gasteiger partial charge in [0.05, 0.1) is 5.92 Å². The van der Waals surface area contributed by atoms with Crippen LogP contribution >= 0.6 is 0 Å². The first-order valence-electron chi connectivity index (χ1n) is 4.85. The summed E-state index contributed by atoms with van der Waals surface area (Å²) in [7, 11) is 0. The number of aromatic nitrogens is 2. The number of nitrogens with zero attached hydrogens (tertiary/aromatic N) is 2. The highest BCUT2D eigenvalue weighted by Crippen LogP contribution is 2.50. The molecule has 1 aliphatic carbocycles. The Morgan fingerprint density at radius 2 is 1.88 bits per heavy atom. The molecule has 1 aromatic heterocycles. The lowest BCUT2D eigenvalue weighted by Gasteiger charge is -2.05. The second kappa shape index (κ2) is 3.64. The van der Waals surface area contributed by atoms with Crippen LogP contribution in [-0.4, -0.2) is 16.0 Å². The van der Waals surface area contributed by atoms with Crippen molar-refractivity contribution < 1.29 is 26.3 Å². The van der Waals surface area contributed by atoms with Crippen molar-refractivity contribution in [2.75, 3.05) is 0 Å². The van der Waals surface area contributed by atoms with Crippen LogP contribution in [0.4, 0.5) is 26.3 Å². The van der Waals surface area contributed by atoms with E-state index in [1.807, 2.05) is 0 Å². The van der Waals surface area contributed by atoms with Crippen LogP contribution in [0.3, 0.4) is 0 Å². The van der Waals surface area contributed by atoms with Gasteiger partial charge in [0.25, 0.3) is 0 Å². The molecule has 1 fully saturated rings. The second-order valence-electron chi connectivity index (χ2n) is 4.06. The fourth-order valence-electron chi connectivity index (χ4n) is 1.71. The Balaban J connectivity index is 1.96. The lowest BCUT2D eigenvalue weighted by Crippen LogP contribution is -2.14. The maximum Gasteiger partial charge on any atom is 0.435 e. The lowest BCUT2D eigenvalue weighted by atomic mass is 10.3. The molecule has 96 valence electrons. The van der Waals surface area contributed by atoms with Gasteiger partial charge in [-0.2, -0.15) is 31.4 Å². The van der Waals surface area contributed by atoms with Crippen LogP contribution in [0.25, 0.3) is 0 Å². The molecule has 0 spiro atoms. The van der Waals surface area contributed by atoms with Gasteiger partial charge in [0, 0.05) is 12.7 Å². The van der Waals surface area contributed by atoms with E-state index in [1.54, 1.807) is 0 Å². The van der Waals surface area contributed by atoms with Gasteiger partial charge in [-0.25, -0.2) is 0 Å². The zero-order valence-corrected chi connectivity index (χ0v) is 8.39. The van der Waals surface area contributed by atoms with Gasteiger partial charge in [0.15, 0.2) is 5.69 Å². The average Bonchev–Trinajstić information content (AvgIpc) is 2.71. The molecule has 2 nitrogen and oxygen atoms in total. The van der Waals surface area contributed by atoms with Crippen LogP contribution in [0.1, 0.15) is 12.1 Å². The van der Waals surface area contributed by atoms with Crippen molar-refractivity contribution in [2.45, 2.75) is 25.3 Å². The van der Waals surface area contributed by atoms with Gasteiger partial charge >= 0.3 is 12.4 Å². The number of rotatable bonds is 2. The highest BCUT2D eigenvalue weighted by atomic mass is 19.4. The highest BCUT2D eigenvalue weighted by Gasteiger charge is 2.55. The van der Waals surface area contributed by atoms with Crippen molar-refractivity contribution in [3.8, 4) is 0 Å². The summed E-state index contributed by atoms with van der Waals surface area (Å²) in [5.41, 5.74) is -1.08. The normalized spacial score (nSPS) is 25.1. The molecule has 0 aromatic carbocycles. The molecular formula is C9H8F6N2. The minimum atomic E-state index is -4.56. The molecule has 0 radical (unpaired) electrons. The van der Waals surface area contributed by atoms with Crippen molar-refractivity contribution in [2.24, 2.45) is 11.8 Å². The first kappa shape index (κ1) is 12.3. The van der Waals surface area contributed by atoms with Gasteiger partial charge in [0.2, 0.25) is 0 Å². The first-order valence-corrected chi connectivity index (χ1v) is 4.85. The van der Waals surface area contributed by atoms with Gasteiger partial charge in [-0.05, 0) is 18.4 Å². The van der Waals surface area contributed by atoms with Crippen LogP contribution in [0, 0.1) is 11.8 Å². The third-order valence-corrected chi connectivity index (χ3v) is 2.70. The van der Waals surface area contributed by atoms with E-state index in [1.165, 1.54) is 0 Å². The summed E-state index contributed by atoms with van der Waals surface area (Å²) < 4.78 is 73.9. The minimum Gasteiger partial charge on any atom is -0.272 e. The summed E-state index contributed by atoms with van der Waals surface area (Å²) in [5, 5.41) is 3.20. The van der Waals surface area contributed by atoms with E-state index >= 15 is 0 Å². The Bertz CT molecular complexity index is 404. The maximum absolute atomic E-state index is 12.2. The third-order valence-electron chi connectivity index (χ3n) is 2.70. The maximum atomic E-state index is 12.2. The van der Waals surface area contributed by atoms with Crippen LogP contribution in [0.2, 0.25) is 0 Å². The molecule has 0 unspecified atom stereocenters. The van der Waals surface area contributed by atoms with Crippen molar-refractivity contribution in [3.05, 3.63) is 18.0 Å². The summed E-state index contributed by atoms with van der Waals surface area (Å²) in [6.45, 7) is -0.125. The number of hydrogen-bond acceptors (Lipinski definition) is 1. The quantitative estimate of drug-likeness (QED) is 0.745. The predicted molar refractivity (Wildman–Crippen MR) is 44.9 cm³/mol. The monoisotopic (exact) mass is 258 g/mol.